The zero-order valence-electron chi connectivity index (χ0n) is 13.9. The van der Waals surface area contributed by atoms with Crippen molar-refractivity contribution >= 4 is 44.8 Å². The van der Waals surface area contributed by atoms with Gasteiger partial charge in [-0.3, -0.25) is 9.10 Å². The molecule has 140 valence electrons. The highest BCUT2D eigenvalue weighted by Gasteiger charge is 2.21. The van der Waals surface area contributed by atoms with Gasteiger partial charge in [-0.2, -0.15) is 0 Å². The summed E-state index contributed by atoms with van der Waals surface area (Å²) >= 11 is 11.8. The molecular weight excluding hydrogens is 402 g/mol. The second kappa shape index (κ2) is 8.70. The third kappa shape index (κ3) is 6.16. The Morgan fingerprint density at radius 2 is 1.69 bits per heavy atom. The lowest BCUT2D eigenvalue weighted by Gasteiger charge is -2.22. The molecular formula is C17H17Cl2FN2O3S. The van der Waals surface area contributed by atoms with Crippen LogP contribution in [0.2, 0.25) is 10.0 Å². The molecule has 0 spiro atoms. The second-order valence-electron chi connectivity index (χ2n) is 5.62. The third-order valence-corrected chi connectivity index (χ3v) is 5.05. The number of nitrogens with one attached hydrogen (secondary N) is 1. The summed E-state index contributed by atoms with van der Waals surface area (Å²) in [6, 6.07) is 10.2. The fourth-order valence-electron chi connectivity index (χ4n) is 2.27. The van der Waals surface area contributed by atoms with Crippen molar-refractivity contribution < 1.29 is 17.6 Å². The number of hydrogen-bond donors (Lipinski definition) is 1. The van der Waals surface area contributed by atoms with E-state index in [-0.39, 0.29) is 21.5 Å². The van der Waals surface area contributed by atoms with Crippen molar-refractivity contribution in [2.45, 2.75) is 6.42 Å². The third-order valence-electron chi connectivity index (χ3n) is 3.47. The average molecular weight is 419 g/mol. The monoisotopic (exact) mass is 418 g/mol. The first-order chi connectivity index (χ1) is 12.1. The summed E-state index contributed by atoms with van der Waals surface area (Å²) in [6.45, 7) is -0.114. The summed E-state index contributed by atoms with van der Waals surface area (Å²) in [5, 5.41) is 3.17. The van der Waals surface area contributed by atoms with Crippen LogP contribution in [-0.2, 0) is 21.2 Å². The van der Waals surface area contributed by atoms with Crippen LogP contribution in [0.25, 0.3) is 0 Å². The molecule has 0 aliphatic heterocycles. The maximum Gasteiger partial charge on any atom is 0.240 e. The topological polar surface area (TPSA) is 66.5 Å². The van der Waals surface area contributed by atoms with Crippen molar-refractivity contribution in [2.24, 2.45) is 0 Å². The fraction of sp³-hybridized carbons (Fsp3) is 0.235. The molecule has 0 unspecified atom stereocenters. The van der Waals surface area contributed by atoms with Gasteiger partial charge in [-0.05, 0) is 42.3 Å². The van der Waals surface area contributed by atoms with Crippen molar-refractivity contribution in [1.29, 1.82) is 0 Å². The summed E-state index contributed by atoms with van der Waals surface area (Å²) in [5.74, 6) is -0.810. The lowest BCUT2D eigenvalue weighted by molar-refractivity contribution is -0.119. The van der Waals surface area contributed by atoms with Gasteiger partial charge < -0.3 is 5.32 Å². The molecule has 0 bridgehead atoms. The molecule has 0 saturated carbocycles. The van der Waals surface area contributed by atoms with Gasteiger partial charge >= 0.3 is 0 Å². The zero-order valence-corrected chi connectivity index (χ0v) is 16.2. The number of halogens is 3. The highest BCUT2D eigenvalue weighted by Crippen LogP contribution is 2.26. The standard InChI is InChI=1S/C17H17Cl2FN2O3S/c1-26(24,25)22(16-9-13(18)8-14(19)10-16)11-17(23)21-7-6-12-2-4-15(20)5-3-12/h2-5,8-10H,6-7,11H2,1H3,(H,21,23). The Morgan fingerprint density at radius 1 is 1.12 bits per heavy atom. The molecule has 0 heterocycles. The van der Waals surface area contributed by atoms with Gasteiger partial charge in [0, 0.05) is 16.6 Å². The van der Waals surface area contributed by atoms with Gasteiger partial charge in [0.25, 0.3) is 0 Å². The van der Waals surface area contributed by atoms with Gasteiger partial charge in [0.1, 0.15) is 12.4 Å². The molecule has 2 aromatic carbocycles. The van der Waals surface area contributed by atoms with E-state index in [1.165, 1.54) is 30.3 Å². The molecule has 2 aromatic rings. The zero-order chi connectivity index (χ0) is 19.3. The van der Waals surface area contributed by atoms with Gasteiger partial charge in [-0.1, -0.05) is 35.3 Å². The molecule has 0 aliphatic carbocycles. The Hall–Kier alpha value is -1.83. The summed E-state index contributed by atoms with van der Waals surface area (Å²) in [5.41, 5.74) is 1.06. The Morgan fingerprint density at radius 3 is 2.23 bits per heavy atom. The summed E-state index contributed by atoms with van der Waals surface area (Å²) < 4.78 is 37.9. The minimum absolute atomic E-state index is 0.207. The highest BCUT2D eigenvalue weighted by molar-refractivity contribution is 7.92. The number of rotatable bonds is 7. The molecule has 0 atom stereocenters. The number of carbonyl (C=O) groups is 1. The lowest BCUT2D eigenvalue weighted by atomic mass is 10.1. The van der Waals surface area contributed by atoms with Crippen LogP contribution < -0.4 is 9.62 Å². The van der Waals surface area contributed by atoms with E-state index >= 15 is 0 Å². The van der Waals surface area contributed by atoms with Crippen LogP contribution in [0.5, 0.6) is 0 Å². The normalized spacial score (nSPS) is 11.2. The number of sulfonamides is 1. The number of amides is 1. The molecule has 5 nitrogen and oxygen atoms in total. The van der Waals surface area contributed by atoms with Gasteiger partial charge in [0.15, 0.2) is 0 Å². The molecule has 1 amide bonds. The van der Waals surface area contributed by atoms with Crippen molar-refractivity contribution in [1.82, 2.24) is 5.32 Å². The van der Waals surface area contributed by atoms with Crippen molar-refractivity contribution in [2.75, 3.05) is 23.7 Å². The molecule has 0 saturated heterocycles. The van der Waals surface area contributed by atoms with Crippen molar-refractivity contribution in [3.8, 4) is 0 Å². The van der Waals surface area contributed by atoms with Gasteiger partial charge in [-0.15, -0.1) is 0 Å². The van der Waals surface area contributed by atoms with Gasteiger partial charge in [0.2, 0.25) is 15.9 Å². The van der Waals surface area contributed by atoms with E-state index in [9.17, 15) is 17.6 Å². The van der Waals surface area contributed by atoms with Crippen LogP contribution in [0.1, 0.15) is 5.56 Å². The van der Waals surface area contributed by atoms with E-state index in [2.05, 4.69) is 5.32 Å². The van der Waals surface area contributed by atoms with E-state index in [4.69, 9.17) is 23.2 Å². The molecule has 0 aliphatic rings. The van der Waals surface area contributed by atoms with Crippen LogP contribution >= 0.6 is 23.2 Å². The van der Waals surface area contributed by atoms with Crippen LogP contribution in [0, 0.1) is 5.82 Å². The van der Waals surface area contributed by atoms with Crippen LogP contribution in [0.3, 0.4) is 0 Å². The first-order valence-electron chi connectivity index (χ1n) is 7.60. The Balaban J connectivity index is 2.01. The largest absolute Gasteiger partial charge is 0.354 e. The molecule has 26 heavy (non-hydrogen) atoms. The van der Waals surface area contributed by atoms with E-state index in [0.717, 1.165) is 16.1 Å². The van der Waals surface area contributed by atoms with Crippen LogP contribution in [0.4, 0.5) is 10.1 Å². The first kappa shape index (κ1) is 20.5. The fourth-order valence-corrected chi connectivity index (χ4v) is 3.62. The Labute approximate surface area is 161 Å². The predicted molar refractivity (Wildman–Crippen MR) is 102 cm³/mol. The predicted octanol–water partition coefficient (Wildman–Crippen LogP) is 3.26. The molecule has 1 N–H and O–H groups in total. The Bertz CT molecular complexity index is 869. The smallest absolute Gasteiger partial charge is 0.240 e. The van der Waals surface area contributed by atoms with Crippen LogP contribution in [0.15, 0.2) is 42.5 Å². The lowest BCUT2D eigenvalue weighted by Crippen LogP contribution is -2.41. The molecule has 9 heteroatoms. The van der Waals surface area contributed by atoms with Crippen LogP contribution in [-0.4, -0.2) is 33.7 Å². The van der Waals surface area contributed by atoms with E-state index < -0.39 is 22.5 Å². The summed E-state index contributed by atoms with van der Waals surface area (Å²) in [7, 11) is -3.71. The second-order valence-corrected chi connectivity index (χ2v) is 8.40. The number of benzene rings is 2. The minimum atomic E-state index is -3.71. The molecule has 0 radical (unpaired) electrons. The van der Waals surface area contributed by atoms with Gasteiger partial charge in [-0.25, -0.2) is 12.8 Å². The quantitative estimate of drug-likeness (QED) is 0.750. The summed E-state index contributed by atoms with van der Waals surface area (Å²) in [6.07, 6.45) is 1.49. The number of nitrogens with zero attached hydrogens (tertiary/aromatic N) is 1. The maximum absolute atomic E-state index is 12.9. The average Bonchev–Trinajstić information content (AvgIpc) is 2.52. The number of carbonyl (C=O) groups excluding carboxylic acids is 1. The van der Waals surface area contributed by atoms with Crippen molar-refractivity contribution in [3.63, 3.8) is 0 Å². The SMILES string of the molecule is CS(=O)(=O)N(CC(=O)NCCc1ccc(F)cc1)c1cc(Cl)cc(Cl)c1. The van der Waals surface area contributed by atoms with E-state index in [1.807, 2.05) is 0 Å². The molecule has 0 fully saturated rings. The van der Waals surface area contributed by atoms with Gasteiger partial charge in [0.05, 0.1) is 11.9 Å². The van der Waals surface area contributed by atoms with E-state index in [1.54, 1.807) is 12.1 Å². The number of anilines is 1. The van der Waals surface area contributed by atoms with E-state index in [0.29, 0.717) is 13.0 Å². The highest BCUT2D eigenvalue weighted by atomic mass is 35.5. The summed E-state index contributed by atoms with van der Waals surface area (Å²) in [4.78, 5) is 12.1. The Kier molecular flexibility index (Phi) is 6.86. The molecule has 2 rings (SSSR count). The minimum Gasteiger partial charge on any atom is -0.354 e. The first-order valence-corrected chi connectivity index (χ1v) is 10.2. The molecule has 0 aromatic heterocycles. The van der Waals surface area contributed by atoms with Crippen molar-refractivity contribution in [3.05, 3.63) is 63.9 Å². The number of hydrogen-bond acceptors (Lipinski definition) is 3. The maximum atomic E-state index is 12.9.